The summed E-state index contributed by atoms with van der Waals surface area (Å²) in [4.78, 5) is 12.4. The molecule has 98 valence electrons. The molecule has 0 radical (unpaired) electrons. The van der Waals surface area contributed by atoms with Crippen molar-refractivity contribution in [2.24, 2.45) is 5.92 Å². The first-order valence-electron chi connectivity index (χ1n) is 6.56. The third-order valence-electron chi connectivity index (χ3n) is 4.01. The molecule has 0 aromatic heterocycles. The minimum absolute atomic E-state index is 0.0363. The molecule has 1 aromatic carbocycles. The Labute approximate surface area is 109 Å². The highest BCUT2D eigenvalue weighted by atomic mass is 16.1. The van der Waals surface area contributed by atoms with Crippen molar-refractivity contribution in [3.63, 3.8) is 0 Å². The lowest BCUT2D eigenvalue weighted by atomic mass is 9.90. The lowest BCUT2D eigenvalue weighted by molar-refractivity contribution is 0.0889. The summed E-state index contributed by atoms with van der Waals surface area (Å²) in [5, 5.41) is 6.42. The molecule has 1 aliphatic heterocycles. The van der Waals surface area contributed by atoms with Crippen molar-refractivity contribution in [1.29, 1.82) is 0 Å². The lowest BCUT2D eigenvalue weighted by Gasteiger charge is -2.30. The summed E-state index contributed by atoms with van der Waals surface area (Å²) in [7, 11) is 0. The van der Waals surface area contributed by atoms with Crippen molar-refractivity contribution in [2.75, 3.05) is 0 Å². The summed E-state index contributed by atoms with van der Waals surface area (Å²) in [6, 6.07) is 5.96. The Balaban J connectivity index is 2.23. The number of hydrogen-bond acceptors (Lipinski definition) is 2. The van der Waals surface area contributed by atoms with E-state index in [0.717, 1.165) is 24.2 Å². The molecular formula is C15H22N2O. The molecule has 3 heteroatoms. The van der Waals surface area contributed by atoms with Crippen molar-refractivity contribution in [2.45, 2.75) is 46.3 Å². The maximum Gasteiger partial charge on any atom is 0.252 e. The van der Waals surface area contributed by atoms with Gasteiger partial charge in [0.1, 0.15) is 0 Å². The summed E-state index contributed by atoms with van der Waals surface area (Å²) in [6.45, 7) is 10.0. The zero-order chi connectivity index (χ0) is 13.3. The predicted molar refractivity (Wildman–Crippen MR) is 73.4 cm³/mol. The second-order valence-electron chi connectivity index (χ2n) is 5.88. The molecule has 0 atom stereocenters. The molecule has 0 spiro atoms. The van der Waals surface area contributed by atoms with Gasteiger partial charge in [-0.3, -0.25) is 4.79 Å². The average Bonchev–Trinajstić information content (AvgIpc) is 2.75. The topological polar surface area (TPSA) is 41.1 Å². The Bertz CT molecular complexity index is 464. The summed E-state index contributed by atoms with van der Waals surface area (Å²) in [5.74, 6) is 0.436. The van der Waals surface area contributed by atoms with Gasteiger partial charge in [-0.25, -0.2) is 0 Å². The fraction of sp³-hybridized carbons (Fsp3) is 0.533. The second kappa shape index (κ2) is 4.73. The highest BCUT2D eigenvalue weighted by molar-refractivity contribution is 5.96. The van der Waals surface area contributed by atoms with Crippen LogP contribution in [0.25, 0.3) is 0 Å². The standard InChI is InChI=1S/C15H22N2O/c1-10(2)15(3,4)17-14(18)12-7-5-6-11-8-16-9-13(11)12/h5-7,10,16H,8-9H2,1-4H3,(H,17,18). The highest BCUT2D eigenvalue weighted by Crippen LogP contribution is 2.22. The maximum atomic E-state index is 12.4. The molecule has 0 unspecified atom stereocenters. The predicted octanol–water partition coefficient (Wildman–Crippen LogP) is 2.45. The zero-order valence-electron chi connectivity index (χ0n) is 11.6. The molecule has 0 saturated carbocycles. The van der Waals surface area contributed by atoms with Crippen LogP contribution >= 0.6 is 0 Å². The van der Waals surface area contributed by atoms with Gasteiger partial charge < -0.3 is 10.6 Å². The molecule has 2 rings (SSSR count). The van der Waals surface area contributed by atoms with Crippen molar-refractivity contribution in [3.05, 3.63) is 34.9 Å². The average molecular weight is 246 g/mol. The summed E-state index contributed by atoms with van der Waals surface area (Å²) in [6.07, 6.45) is 0. The second-order valence-corrected chi connectivity index (χ2v) is 5.88. The molecule has 1 aliphatic rings. The molecule has 3 nitrogen and oxygen atoms in total. The van der Waals surface area contributed by atoms with Crippen LogP contribution in [0.3, 0.4) is 0 Å². The minimum Gasteiger partial charge on any atom is -0.347 e. The normalized spacial score (nSPS) is 14.7. The molecular weight excluding hydrogens is 224 g/mol. The lowest BCUT2D eigenvalue weighted by Crippen LogP contribution is -2.47. The summed E-state index contributed by atoms with van der Waals surface area (Å²) in [5.41, 5.74) is 3.01. The van der Waals surface area contributed by atoms with Crippen LogP contribution in [-0.4, -0.2) is 11.4 Å². The first-order chi connectivity index (χ1) is 8.42. The maximum absolute atomic E-state index is 12.4. The van der Waals surface area contributed by atoms with Crippen LogP contribution in [0.4, 0.5) is 0 Å². The van der Waals surface area contributed by atoms with E-state index < -0.39 is 0 Å². The van der Waals surface area contributed by atoms with Gasteiger partial charge in [0.2, 0.25) is 0 Å². The van der Waals surface area contributed by atoms with E-state index >= 15 is 0 Å². The number of nitrogens with one attached hydrogen (secondary N) is 2. The van der Waals surface area contributed by atoms with E-state index in [1.54, 1.807) is 0 Å². The van der Waals surface area contributed by atoms with Crippen LogP contribution in [-0.2, 0) is 13.1 Å². The molecule has 0 fully saturated rings. The Morgan fingerprint density at radius 3 is 2.72 bits per heavy atom. The first-order valence-corrected chi connectivity index (χ1v) is 6.56. The summed E-state index contributed by atoms with van der Waals surface area (Å²) < 4.78 is 0. The van der Waals surface area contributed by atoms with E-state index in [9.17, 15) is 4.79 Å². The van der Waals surface area contributed by atoms with Gasteiger partial charge in [-0.05, 0) is 37.0 Å². The van der Waals surface area contributed by atoms with Gasteiger partial charge in [-0.1, -0.05) is 26.0 Å². The highest BCUT2D eigenvalue weighted by Gasteiger charge is 2.26. The quantitative estimate of drug-likeness (QED) is 0.860. The first kappa shape index (κ1) is 13.1. The molecule has 1 amide bonds. The Kier molecular flexibility index (Phi) is 3.44. The molecule has 0 aliphatic carbocycles. The monoisotopic (exact) mass is 246 g/mol. The van der Waals surface area contributed by atoms with Crippen LogP contribution in [0.5, 0.6) is 0 Å². The van der Waals surface area contributed by atoms with E-state index in [2.05, 4.69) is 44.4 Å². The van der Waals surface area contributed by atoms with E-state index in [0.29, 0.717) is 5.92 Å². The minimum atomic E-state index is -0.189. The van der Waals surface area contributed by atoms with Gasteiger partial charge in [0.15, 0.2) is 0 Å². The SMILES string of the molecule is CC(C)C(C)(C)NC(=O)c1cccc2c1CNC2. The van der Waals surface area contributed by atoms with Gasteiger partial charge in [0.05, 0.1) is 0 Å². The summed E-state index contributed by atoms with van der Waals surface area (Å²) >= 11 is 0. The van der Waals surface area contributed by atoms with Gasteiger partial charge in [-0.2, -0.15) is 0 Å². The fourth-order valence-corrected chi connectivity index (χ4v) is 2.05. The number of carbonyl (C=O) groups excluding carboxylic acids is 1. The van der Waals surface area contributed by atoms with Gasteiger partial charge in [-0.15, -0.1) is 0 Å². The van der Waals surface area contributed by atoms with Gasteiger partial charge in [0.25, 0.3) is 5.91 Å². The van der Waals surface area contributed by atoms with Crippen LogP contribution in [0.2, 0.25) is 0 Å². The van der Waals surface area contributed by atoms with Crippen LogP contribution in [0.15, 0.2) is 18.2 Å². The van der Waals surface area contributed by atoms with Gasteiger partial charge >= 0.3 is 0 Å². The zero-order valence-corrected chi connectivity index (χ0v) is 11.6. The number of carbonyl (C=O) groups is 1. The fourth-order valence-electron chi connectivity index (χ4n) is 2.05. The molecule has 1 heterocycles. The van der Waals surface area contributed by atoms with E-state index in [1.807, 2.05) is 12.1 Å². The molecule has 0 saturated heterocycles. The third kappa shape index (κ3) is 2.41. The third-order valence-corrected chi connectivity index (χ3v) is 4.01. The number of benzene rings is 1. The van der Waals surface area contributed by atoms with Crippen LogP contribution < -0.4 is 10.6 Å². The van der Waals surface area contributed by atoms with E-state index in [1.165, 1.54) is 5.56 Å². The largest absolute Gasteiger partial charge is 0.347 e. The van der Waals surface area contributed by atoms with Crippen molar-refractivity contribution < 1.29 is 4.79 Å². The molecule has 2 N–H and O–H groups in total. The van der Waals surface area contributed by atoms with E-state index in [-0.39, 0.29) is 11.4 Å². The number of hydrogen-bond donors (Lipinski definition) is 2. The Morgan fingerprint density at radius 2 is 2.06 bits per heavy atom. The number of amides is 1. The molecule has 1 aromatic rings. The molecule has 0 bridgehead atoms. The molecule has 18 heavy (non-hydrogen) atoms. The van der Waals surface area contributed by atoms with Crippen LogP contribution in [0.1, 0.15) is 49.2 Å². The van der Waals surface area contributed by atoms with Crippen molar-refractivity contribution >= 4 is 5.91 Å². The Morgan fingerprint density at radius 1 is 1.33 bits per heavy atom. The van der Waals surface area contributed by atoms with Crippen LogP contribution in [0, 0.1) is 5.92 Å². The number of fused-ring (bicyclic) bond motifs is 1. The van der Waals surface area contributed by atoms with Crippen molar-refractivity contribution in [3.8, 4) is 0 Å². The van der Waals surface area contributed by atoms with Gasteiger partial charge in [0, 0.05) is 24.2 Å². The Hall–Kier alpha value is -1.35. The van der Waals surface area contributed by atoms with Crippen molar-refractivity contribution in [1.82, 2.24) is 10.6 Å². The number of rotatable bonds is 3. The van der Waals surface area contributed by atoms with E-state index in [4.69, 9.17) is 0 Å². The smallest absolute Gasteiger partial charge is 0.252 e.